The normalized spacial score (nSPS) is 17.6. The molecule has 116 valence electrons. The van der Waals surface area contributed by atoms with Crippen LogP contribution in [0.3, 0.4) is 0 Å². The average Bonchev–Trinajstić information content (AvgIpc) is 2.96. The van der Waals surface area contributed by atoms with Gasteiger partial charge in [0.2, 0.25) is 0 Å². The molecule has 0 spiro atoms. The van der Waals surface area contributed by atoms with Gasteiger partial charge in [-0.05, 0) is 57.1 Å². The van der Waals surface area contributed by atoms with Crippen LogP contribution in [0, 0.1) is 6.92 Å². The number of hydrogen-bond acceptors (Lipinski definition) is 3. The molecule has 3 rings (SSSR count). The largest absolute Gasteiger partial charge is 0.478 e. The summed E-state index contributed by atoms with van der Waals surface area (Å²) < 4.78 is 0. The first-order valence-corrected chi connectivity index (χ1v) is 7.49. The van der Waals surface area contributed by atoms with E-state index >= 15 is 0 Å². The molecule has 0 amide bonds. The van der Waals surface area contributed by atoms with Crippen LogP contribution < -0.4 is 0 Å². The monoisotopic (exact) mass is 298 g/mol. The van der Waals surface area contributed by atoms with Crippen molar-refractivity contribution in [2.24, 2.45) is 0 Å². The molecule has 0 aliphatic carbocycles. The lowest BCUT2D eigenvalue weighted by molar-refractivity contribution is 0.0697. The summed E-state index contributed by atoms with van der Waals surface area (Å²) in [6, 6.07) is 13.2. The predicted molar refractivity (Wildman–Crippen MR) is 87.0 cm³/mol. The van der Waals surface area contributed by atoms with Gasteiger partial charge in [-0.15, -0.1) is 0 Å². The smallest absolute Gasteiger partial charge is 0.335 e. The average molecular weight is 298 g/mol. The number of carboxylic acid groups (broad SMARTS) is 1. The van der Waals surface area contributed by atoms with Gasteiger partial charge in [0, 0.05) is 17.9 Å². The zero-order valence-corrected chi connectivity index (χ0v) is 13.1. The summed E-state index contributed by atoms with van der Waals surface area (Å²) in [4.78, 5) is 16.9. The number of carbonyl (C=O) groups is 1. The van der Waals surface area contributed by atoms with E-state index in [1.807, 2.05) is 13.1 Å². The van der Waals surface area contributed by atoms with Crippen molar-refractivity contribution in [1.82, 2.24) is 9.88 Å². The van der Waals surface area contributed by atoms with Crippen LogP contribution in [-0.2, 0) is 0 Å². The summed E-state index contributed by atoms with van der Waals surface area (Å²) in [7, 11) is 2.19. The van der Waals surface area contributed by atoms with Crippen molar-refractivity contribution in [3.05, 3.63) is 65.5 Å². The second kappa shape index (κ2) is 7.71. The molecule has 1 aromatic heterocycles. The molecule has 1 aliphatic rings. The Morgan fingerprint density at radius 1 is 1.23 bits per heavy atom. The van der Waals surface area contributed by atoms with Gasteiger partial charge in [0.1, 0.15) is 0 Å². The fraction of sp³-hybridized carbons (Fsp3) is 0.333. The molecule has 4 heteroatoms. The van der Waals surface area contributed by atoms with E-state index in [4.69, 9.17) is 5.11 Å². The maximum Gasteiger partial charge on any atom is 0.335 e. The van der Waals surface area contributed by atoms with E-state index in [9.17, 15) is 4.79 Å². The molecule has 1 atom stereocenters. The number of aromatic nitrogens is 1. The molecular formula is C18H22N2O2. The van der Waals surface area contributed by atoms with Gasteiger partial charge < -0.3 is 5.11 Å². The topological polar surface area (TPSA) is 53.4 Å². The molecule has 2 heterocycles. The molecule has 2 aromatic rings. The van der Waals surface area contributed by atoms with Gasteiger partial charge in [0.05, 0.1) is 5.56 Å². The number of hydrogen-bond donors (Lipinski definition) is 1. The number of aryl methyl sites for hydroxylation is 1. The van der Waals surface area contributed by atoms with Gasteiger partial charge in [-0.1, -0.05) is 24.3 Å². The van der Waals surface area contributed by atoms with Crippen molar-refractivity contribution in [3.8, 4) is 0 Å². The highest BCUT2D eigenvalue weighted by molar-refractivity contribution is 5.87. The van der Waals surface area contributed by atoms with Crippen LogP contribution in [0.25, 0.3) is 0 Å². The lowest BCUT2D eigenvalue weighted by atomic mass is 10.1. The first kappa shape index (κ1) is 16.2. The summed E-state index contributed by atoms with van der Waals surface area (Å²) in [6.45, 7) is 3.25. The highest BCUT2D eigenvalue weighted by atomic mass is 16.4. The quantitative estimate of drug-likeness (QED) is 0.921. The number of pyridine rings is 1. The number of carboxylic acids is 1. The number of aromatic carboxylic acids is 1. The van der Waals surface area contributed by atoms with Crippen LogP contribution in [0.2, 0.25) is 0 Å². The van der Waals surface area contributed by atoms with Crippen LogP contribution in [0.4, 0.5) is 0 Å². The van der Waals surface area contributed by atoms with Gasteiger partial charge in [-0.25, -0.2) is 4.79 Å². The molecule has 1 saturated heterocycles. The Morgan fingerprint density at radius 3 is 2.41 bits per heavy atom. The SMILES string of the molecule is Cc1ccc([C@@H]2CCCN2C)cn1.O=C(O)c1ccccc1. The molecule has 1 aliphatic heterocycles. The number of benzene rings is 1. The van der Waals surface area contributed by atoms with Gasteiger partial charge in [0.15, 0.2) is 0 Å². The Kier molecular flexibility index (Phi) is 5.67. The van der Waals surface area contributed by atoms with Crippen LogP contribution >= 0.6 is 0 Å². The molecule has 1 aromatic carbocycles. The van der Waals surface area contributed by atoms with E-state index in [0.29, 0.717) is 11.6 Å². The zero-order valence-electron chi connectivity index (χ0n) is 13.1. The Bertz CT molecular complexity index is 596. The second-order valence-electron chi connectivity index (χ2n) is 5.54. The number of nitrogens with zero attached hydrogens (tertiary/aromatic N) is 2. The summed E-state index contributed by atoms with van der Waals surface area (Å²) in [6.07, 6.45) is 4.61. The Balaban J connectivity index is 0.000000172. The van der Waals surface area contributed by atoms with Crippen molar-refractivity contribution >= 4 is 5.97 Å². The highest BCUT2D eigenvalue weighted by Crippen LogP contribution is 2.29. The van der Waals surface area contributed by atoms with Crippen molar-refractivity contribution < 1.29 is 9.90 Å². The van der Waals surface area contributed by atoms with Crippen molar-refractivity contribution in [2.75, 3.05) is 13.6 Å². The Labute approximate surface area is 131 Å². The van der Waals surface area contributed by atoms with E-state index in [-0.39, 0.29) is 0 Å². The van der Waals surface area contributed by atoms with Gasteiger partial charge in [-0.3, -0.25) is 9.88 Å². The summed E-state index contributed by atoms with van der Waals surface area (Å²) >= 11 is 0. The van der Waals surface area contributed by atoms with Crippen LogP contribution in [0.5, 0.6) is 0 Å². The van der Waals surface area contributed by atoms with E-state index < -0.39 is 5.97 Å². The van der Waals surface area contributed by atoms with Crippen molar-refractivity contribution in [1.29, 1.82) is 0 Å². The molecule has 1 N–H and O–H groups in total. The Hall–Kier alpha value is -2.20. The fourth-order valence-corrected chi connectivity index (χ4v) is 2.59. The molecule has 4 nitrogen and oxygen atoms in total. The van der Waals surface area contributed by atoms with E-state index in [2.05, 4.69) is 29.1 Å². The number of rotatable bonds is 2. The molecule has 0 saturated carbocycles. The van der Waals surface area contributed by atoms with Crippen LogP contribution in [0.1, 0.15) is 40.5 Å². The maximum absolute atomic E-state index is 10.2. The Morgan fingerprint density at radius 2 is 1.95 bits per heavy atom. The molecular weight excluding hydrogens is 276 g/mol. The zero-order chi connectivity index (χ0) is 15.9. The predicted octanol–water partition coefficient (Wildman–Crippen LogP) is 3.54. The van der Waals surface area contributed by atoms with Crippen molar-refractivity contribution in [3.63, 3.8) is 0 Å². The first-order chi connectivity index (χ1) is 10.6. The highest BCUT2D eigenvalue weighted by Gasteiger charge is 2.22. The summed E-state index contributed by atoms with van der Waals surface area (Å²) in [5, 5.41) is 8.38. The fourth-order valence-electron chi connectivity index (χ4n) is 2.59. The lowest BCUT2D eigenvalue weighted by Crippen LogP contribution is -2.17. The summed E-state index contributed by atoms with van der Waals surface area (Å²) in [5.74, 6) is -0.879. The molecule has 0 radical (unpaired) electrons. The third-order valence-electron chi connectivity index (χ3n) is 3.86. The molecule has 0 bridgehead atoms. The summed E-state index contributed by atoms with van der Waals surface area (Å²) in [5.41, 5.74) is 2.80. The van der Waals surface area contributed by atoms with Gasteiger partial charge in [-0.2, -0.15) is 0 Å². The van der Waals surface area contributed by atoms with E-state index in [0.717, 1.165) is 5.69 Å². The minimum Gasteiger partial charge on any atom is -0.478 e. The molecule has 0 unspecified atom stereocenters. The van der Waals surface area contributed by atoms with Gasteiger partial charge >= 0.3 is 5.97 Å². The van der Waals surface area contributed by atoms with E-state index in [1.165, 1.54) is 24.9 Å². The molecule has 22 heavy (non-hydrogen) atoms. The first-order valence-electron chi connectivity index (χ1n) is 7.49. The standard InChI is InChI=1S/C11H16N2.C7H6O2/c1-9-5-6-10(8-12-9)11-4-3-7-13(11)2;8-7(9)6-4-2-1-3-5-6/h5-6,8,11H,3-4,7H2,1-2H3;1-5H,(H,8,9)/t11-;/m0./s1. The number of likely N-dealkylation sites (tertiary alicyclic amines) is 1. The molecule has 1 fully saturated rings. The minimum absolute atomic E-state index is 0.331. The maximum atomic E-state index is 10.2. The van der Waals surface area contributed by atoms with E-state index in [1.54, 1.807) is 30.3 Å². The third-order valence-corrected chi connectivity index (χ3v) is 3.86. The lowest BCUT2D eigenvalue weighted by Gasteiger charge is -2.19. The third kappa shape index (κ3) is 4.40. The van der Waals surface area contributed by atoms with Gasteiger partial charge in [0.25, 0.3) is 0 Å². The minimum atomic E-state index is -0.879. The second-order valence-corrected chi connectivity index (χ2v) is 5.54. The van der Waals surface area contributed by atoms with Crippen molar-refractivity contribution in [2.45, 2.75) is 25.8 Å². The van der Waals surface area contributed by atoms with Crippen LogP contribution in [0.15, 0.2) is 48.7 Å². The van der Waals surface area contributed by atoms with Crippen LogP contribution in [-0.4, -0.2) is 34.6 Å².